The Morgan fingerprint density at radius 2 is 1.89 bits per heavy atom. The summed E-state index contributed by atoms with van der Waals surface area (Å²) in [5.74, 6) is 1.24. The average Bonchev–Trinajstić information content (AvgIpc) is 2.84. The molecule has 0 atom stereocenters. The number of nitrogens with one attached hydrogen (secondary N) is 1. The second-order valence-electron chi connectivity index (χ2n) is 8.47. The van der Waals surface area contributed by atoms with Crippen molar-refractivity contribution in [3.05, 3.63) is 90.2 Å². The molecule has 4 aromatic rings. The van der Waals surface area contributed by atoms with Gasteiger partial charge in [-0.2, -0.15) is 0 Å². The van der Waals surface area contributed by atoms with Gasteiger partial charge in [0, 0.05) is 42.5 Å². The lowest BCUT2D eigenvalue weighted by Crippen LogP contribution is -2.17. The lowest BCUT2D eigenvalue weighted by molar-refractivity contribution is 0.192. The van der Waals surface area contributed by atoms with Gasteiger partial charge in [0.25, 0.3) is 0 Å². The van der Waals surface area contributed by atoms with Crippen LogP contribution in [0, 0.1) is 12.7 Å². The van der Waals surface area contributed by atoms with Gasteiger partial charge in [-0.15, -0.1) is 0 Å². The first-order chi connectivity index (χ1) is 17.2. The second kappa shape index (κ2) is 10.4. The molecule has 1 amide bonds. The number of nitrogens with zero attached hydrogens (tertiary/aromatic N) is 3. The van der Waals surface area contributed by atoms with Gasteiger partial charge in [-0.1, -0.05) is 24.8 Å². The van der Waals surface area contributed by atoms with Crippen LogP contribution in [0.15, 0.2) is 73.1 Å². The molecule has 8 heteroatoms. The molecule has 0 unspecified atom stereocenters. The Hall–Kier alpha value is -4.46. The first-order valence-electron chi connectivity index (χ1n) is 11.3. The molecule has 2 aromatic heterocycles. The van der Waals surface area contributed by atoms with Gasteiger partial charge in [0.1, 0.15) is 17.4 Å². The quantitative estimate of drug-likeness (QED) is 0.302. The number of benzene rings is 2. The average molecular weight is 487 g/mol. The maximum atomic E-state index is 14.3. The maximum absolute atomic E-state index is 14.3. The molecule has 0 spiro atoms. The highest BCUT2D eigenvalue weighted by Gasteiger charge is 2.14. The number of anilines is 2. The monoisotopic (exact) mass is 486 g/mol. The van der Waals surface area contributed by atoms with Crippen LogP contribution >= 0.6 is 0 Å². The van der Waals surface area contributed by atoms with E-state index >= 15 is 0 Å². The number of aryl methyl sites for hydroxylation is 1. The Morgan fingerprint density at radius 1 is 1.14 bits per heavy atom. The van der Waals surface area contributed by atoms with Crippen molar-refractivity contribution < 1.29 is 18.7 Å². The molecule has 0 saturated carbocycles. The highest BCUT2D eigenvalue weighted by atomic mass is 19.1. The number of hydrogen-bond acceptors (Lipinski definition) is 6. The summed E-state index contributed by atoms with van der Waals surface area (Å²) in [6.45, 7) is 7.61. The number of ether oxygens (including phenoxy) is 2. The van der Waals surface area contributed by atoms with Gasteiger partial charge in [-0.05, 0) is 55.3 Å². The lowest BCUT2D eigenvalue weighted by Gasteiger charge is -2.19. The van der Waals surface area contributed by atoms with Crippen LogP contribution in [0.2, 0.25) is 0 Å². The summed E-state index contributed by atoms with van der Waals surface area (Å²) in [5.41, 5.74) is 4.21. The molecular formula is C28H27FN4O3. The van der Waals surface area contributed by atoms with Crippen molar-refractivity contribution in [1.29, 1.82) is 0 Å². The second-order valence-corrected chi connectivity index (χ2v) is 8.47. The Balaban J connectivity index is 1.59. The minimum Gasteiger partial charge on any atom is -0.497 e. The molecule has 184 valence electrons. The molecule has 0 bridgehead atoms. The maximum Gasteiger partial charge on any atom is 0.416 e. The van der Waals surface area contributed by atoms with Crippen LogP contribution in [0.5, 0.6) is 5.75 Å². The number of hydrogen-bond donors (Lipinski definition) is 1. The van der Waals surface area contributed by atoms with Crippen molar-refractivity contribution in [2.24, 2.45) is 0 Å². The number of amides is 1. The van der Waals surface area contributed by atoms with Gasteiger partial charge >= 0.3 is 6.09 Å². The summed E-state index contributed by atoms with van der Waals surface area (Å²) in [5, 5.41) is 3.26. The number of rotatable bonds is 7. The Labute approximate surface area is 209 Å². The molecule has 1 N–H and O–H groups in total. The number of halogens is 1. The minimum atomic E-state index is -0.803. The summed E-state index contributed by atoms with van der Waals surface area (Å²) in [4.78, 5) is 23.4. The van der Waals surface area contributed by atoms with E-state index in [0.717, 1.165) is 39.3 Å². The smallest absolute Gasteiger partial charge is 0.416 e. The van der Waals surface area contributed by atoms with E-state index in [1.165, 1.54) is 13.0 Å². The molecule has 0 saturated heterocycles. The van der Waals surface area contributed by atoms with Gasteiger partial charge in [-0.3, -0.25) is 10.3 Å². The molecule has 2 aromatic carbocycles. The van der Waals surface area contributed by atoms with E-state index < -0.39 is 11.9 Å². The highest BCUT2D eigenvalue weighted by molar-refractivity contribution is 5.89. The third-order valence-corrected chi connectivity index (χ3v) is 5.63. The van der Waals surface area contributed by atoms with Gasteiger partial charge in [-0.25, -0.2) is 14.2 Å². The zero-order valence-electron chi connectivity index (χ0n) is 20.6. The van der Waals surface area contributed by atoms with Crippen molar-refractivity contribution in [2.75, 3.05) is 24.4 Å². The number of pyridine rings is 2. The van der Waals surface area contributed by atoms with E-state index in [2.05, 4.69) is 16.9 Å². The SMILES string of the molecule is C=C(C)OC(=O)Nc1cc(-c2cc3cnc(N(C)Cc4ccc(OC)cc4)cc3nc2C)ccc1F. The lowest BCUT2D eigenvalue weighted by atomic mass is 10.0. The van der Waals surface area contributed by atoms with Crippen molar-refractivity contribution >= 4 is 28.5 Å². The number of allylic oxidation sites excluding steroid dienone is 1. The van der Waals surface area contributed by atoms with Crippen molar-refractivity contribution in [2.45, 2.75) is 20.4 Å². The molecule has 0 radical (unpaired) electrons. The van der Waals surface area contributed by atoms with Gasteiger partial charge < -0.3 is 14.4 Å². The molecule has 0 aliphatic heterocycles. The molecule has 36 heavy (non-hydrogen) atoms. The molecular weight excluding hydrogens is 459 g/mol. The first-order valence-corrected chi connectivity index (χ1v) is 11.3. The predicted octanol–water partition coefficient (Wildman–Crippen LogP) is 6.47. The fourth-order valence-electron chi connectivity index (χ4n) is 3.82. The molecule has 7 nitrogen and oxygen atoms in total. The Kier molecular flexibility index (Phi) is 7.15. The topological polar surface area (TPSA) is 76.6 Å². The van der Waals surface area contributed by atoms with Gasteiger partial charge in [0.05, 0.1) is 24.1 Å². The fourth-order valence-corrected chi connectivity index (χ4v) is 3.82. The standard InChI is InChI=1S/C28H27FN4O3/c1-17(2)36-28(34)32-26-13-20(8-11-24(26)29)23-12-21-15-30-27(14-25(21)31-18(23)3)33(4)16-19-6-9-22(35-5)10-7-19/h6-15H,1,16H2,2-5H3,(H,32,34). The van der Waals surface area contributed by atoms with Crippen LogP contribution in [0.3, 0.4) is 0 Å². The molecule has 2 heterocycles. The minimum absolute atomic E-state index is 0.00637. The zero-order valence-corrected chi connectivity index (χ0v) is 20.6. The number of carbonyl (C=O) groups excluding carboxylic acids is 1. The Bertz CT molecular complexity index is 1440. The third kappa shape index (κ3) is 5.60. The van der Waals surface area contributed by atoms with Crippen LogP contribution in [0.4, 0.5) is 20.7 Å². The summed E-state index contributed by atoms with van der Waals surface area (Å²) >= 11 is 0. The first kappa shape index (κ1) is 24.7. The van der Waals surface area contributed by atoms with Crippen LogP contribution < -0.4 is 15.0 Å². The van der Waals surface area contributed by atoms with Crippen LogP contribution in [0.25, 0.3) is 22.0 Å². The van der Waals surface area contributed by atoms with E-state index in [1.54, 1.807) is 25.4 Å². The molecule has 0 aliphatic rings. The number of methoxy groups -OCH3 is 1. The number of carbonyl (C=O) groups is 1. The molecule has 0 aliphatic carbocycles. The van der Waals surface area contributed by atoms with Crippen molar-refractivity contribution in [3.8, 4) is 16.9 Å². The highest BCUT2D eigenvalue weighted by Crippen LogP contribution is 2.30. The van der Waals surface area contributed by atoms with E-state index in [1.807, 2.05) is 55.3 Å². The molecule has 4 rings (SSSR count). The van der Waals surface area contributed by atoms with E-state index in [9.17, 15) is 9.18 Å². The van der Waals surface area contributed by atoms with Crippen molar-refractivity contribution in [1.82, 2.24) is 9.97 Å². The van der Waals surface area contributed by atoms with Crippen LogP contribution in [-0.2, 0) is 11.3 Å². The fraction of sp³-hybridized carbons (Fsp3) is 0.179. The van der Waals surface area contributed by atoms with Gasteiger partial charge in [0.2, 0.25) is 0 Å². The van der Waals surface area contributed by atoms with E-state index in [-0.39, 0.29) is 11.4 Å². The molecule has 0 fully saturated rings. The Morgan fingerprint density at radius 3 is 2.58 bits per heavy atom. The summed E-state index contributed by atoms with van der Waals surface area (Å²) < 4.78 is 24.4. The van der Waals surface area contributed by atoms with Crippen molar-refractivity contribution in [3.63, 3.8) is 0 Å². The van der Waals surface area contributed by atoms with E-state index in [0.29, 0.717) is 12.1 Å². The summed E-state index contributed by atoms with van der Waals surface area (Å²) in [6, 6.07) is 16.3. The predicted molar refractivity (Wildman–Crippen MR) is 140 cm³/mol. The third-order valence-electron chi connectivity index (χ3n) is 5.63. The normalized spacial score (nSPS) is 10.7. The number of aromatic nitrogens is 2. The number of fused-ring (bicyclic) bond motifs is 1. The van der Waals surface area contributed by atoms with Crippen LogP contribution in [0.1, 0.15) is 18.2 Å². The summed E-state index contributed by atoms with van der Waals surface area (Å²) in [7, 11) is 3.62. The van der Waals surface area contributed by atoms with E-state index in [4.69, 9.17) is 14.5 Å². The largest absolute Gasteiger partial charge is 0.497 e. The zero-order chi connectivity index (χ0) is 25.8. The summed E-state index contributed by atoms with van der Waals surface area (Å²) in [6.07, 6.45) is 0.972. The van der Waals surface area contributed by atoms with Crippen LogP contribution in [-0.4, -0.2) is 30.2 Å². The van der Waals surface area contributed by atoms with Gasteiger partial charge in [0.15, 0.2) is 0 Å².